The first-order valence-corrected chi connectivity index (χ1v) is 3.94. The van der Waals surface area contributed by atoms with Crippen LogP contribution in [0.5, 0.6) is 11.5 Å². The molecule has 1 aromatic rings. The number of ether oxygens (including phenoxy) is 2. The quantitative estimate of drug-likeness (QED) is 0.740. The Morgan fingerprint density at radius 1 is 1.25 bits per heavy atom. The number of methoxy groups -OCH3 is 2. The van der Waals surface area contributed by atoms with E-state index in [-0.39, 0.29) is 0 Å². The lowest BCUT2D eigenvalue weighted by Gasteiger charge is -2.06. The van der Waals surface area contributed by atoms with Crippen molar-refractivity contribution >= 4 is 23.2 Å². The molecule has 0 N–H and O–H groups in total. The molecule has 0 heterocycles. The zero-order chi connectivity index (χ0) is 9.14. The summed E-state index contributed by atoms with van der Waals surface area (Å²) >= 11 is 11.5. The van der Waals surface area contributed by atoms with Crippen molar-refractivity contribution in [2.45, 2.75) is 0 Å². The summed E-state index contributed by atoms with van der Waals surface area (Å²) in [5.74, 6) is 0.907. The second-order valence-corrected chi connectivity index (χ2v) is 2.82. The molecule has 0 saturated carbocycles. The minimum Gasteiger partial charge on any atom is -0.495 e. The zero-order valence-electron chi connectivity index (χ0n) is 6.65. The topological polar surface area (TPSA) is 18.5 Å². The van der Waals surface area contributed by atoms with Crippen molar-refractivity contribution in [1.29, 1.82) is 0 Å². The number of rotatable bonds is 2. The van der Waals surface area contributed by atoms with Crippen LogP contribution in [-0.2, 0) is 0 Å². The second kappa shape index (κ2) is 3.87. The Morgan fingerprint density at radius 3 is 2.42 bits per heavy atom. The van der Waals surface area contributed by atoms with E-state index in [4.69, 9.17) is 32.7 Å². The van der Waals surface area contributed by atoms with Crippen LogP contribution in [-0.4, -0.2) is 14.2 Å². The Kier molecular flexibility index (Phi) is 3.06. The SMILES string of the molecule is COc1[c]c(Cl)c(OC)cc1Cl. The predicted octanol–water partition coefficient (Wildman–Crippen LogP) is 2.81. The molecule has 0 amide bonds. The van der Waals surface area contributed by atoms with Crippen LogP contribution in [0.4, 0.5) is 0 Å². The first-order valence-electron chi connectivity index (χ1n) is 3.18. The third-order valence-corrected chi connectivity index (χ3v) is 1.90. The second-order valence-electron chi connectivity index (χ2n) is 2.03. The maximum Gasteiger partial charge on any atom is 0.147 e. The molecule has 0 spiro atoms. The van der Waals surface area contributed by atoms with Gasteiger partial charge in [0.1, 0.15) is 11.5 Å². The molecule has 1 rings (SSSR count). The highest BCUT2D eigenvalue weighted by Gasteiger charge is 2.07. The molecule has 0 aliphatic rings. The van der Waals surface area contributed by atoms with Crippen molar-refractivity contribution < 1.29 is 9.47 Å². The average molecular weight is 206 g/mol. The van der Waals surface area contributed by atoms with Crippen molar-refractivity contribution in [3.05, 3.63) is 22.2 Å². The third kappa shape index (κ3) is 1.76. The van der Waals surface area contributed by atoms with Gasteiger partial charge in [0.05, 0.1) is 30.3 Å². The minimum atomic E-state index is 0.360. The predicted molar refractivity (Wildman–Crippen MR) is 48.4 cm³/mol. The molecule has 2 nitrogen and oxygen atoms in total. The van der Waals surface area contributed by atoms with Crippen molar-refractivity contribution in [2.75, 3.05) is 14.2 Å². The van der Waals surface area contributed by atoms with Gasteiger partial charge in [-0.3, -0.25) is 0 Å². The summed E-state index contributed by atoms with van der Waals surface area (Å²) in [4.78, 5) is 0. The van der Waals surface area contributed by atoms with Gasteiger partial charge in [-0.05, 0) is 0 Å². The minimum absolute atomic E-state index is 0.360. The van der Waals surface area contributed by atoms with Gasteiger partial charge in [0.2, 0.25) is 0 Å². The van der Waals surface area contributed by atoms with Crippen LogP contribution < -0.4 is 9.47 Å². The summed E-state index contributed by atoms with van der Waals surface area (Å²) in [5.41, 5.74) is 0. The lowest BCUT2D eigenvalue weighted by atomic mass is 10.3. The lowest BCUT2D eigenvalue weighted by Crippen LogP contribution is -1.88. The van der Waals surface area contributed by atoms with Crippen molar-refractivity contribution in [3.8, 4) is 11.5 Å². The number of halogens is 2. The van der Waals surface area contributed by atoms with E-state index in [1.807, 2.05) is 0 Å². The maximum atomic E-state index is 5.79. The van der Waals surface area contributed by atoms with Crippen LogP contribution in [0.2, 0.25) is 10.0 Å². The summed E-state index contributed by atoms with van der Waals surface area (Å²) in [6, 6.07) is 4.31. The van der Waals surface area contributed by atoms with Crippen LogP contribution in [0.1, 0.15) is 0 Å². The van der Waals surface area contributed by atoms with E-state index < -0.39 is 0 Å². The van der Waals surface area contributed by atoms with Gasteiger partial charge in [-0.2, -0.15) is 0 Å². The highest BCUT2D eigenvalue weighted by molar-refractivity contribution is 6.35. The smallest absolute Gasteiger partial charge is 0.147 e. The molecule has 65 valence electrons. The van der Waals surface area contributed by atoms with Gasteiger partial charge >= 0.3 is 0 Å². The highest BCUT2D eigenvalue weighted by Crippen LogP contribution is 2.34. The Morgan fingerprint density at radius 2 is 1.92 bits per heavy atom. The molecule has 0 saturated heterocycles. The summed E-state index contributed by atoms with van der Waals surface area (Å²) in [6.07, 6.45) is 0. The molecular weight excluding hydrogens is 199 g/mol. The molecule has 0 fully saturated rings. The fraction of sp³-hybridized carbons (Fsp3) is 0.250. The molecule has 0 unspecified atom stereocenters. The fourth-order valence-corrected chi connectivity index (χ4v) is 1.20. The lowest BCUT2D eigenvalue weighted by molar-refractivity contribution is 0.403. The molecule has 4 heteroatoms. The Bertz CT molecular complexity index is 257. The summed E-state index contributed by atoms with van der Waals surface area (Å²) in [5, 5.41) is 0.789. The van der Waals surface area contributed by atoms with E-state index in [1.165, 1.54) is 14.2 Å². The zero-order valence-corrected chi connectivity index (χ0v) is 8.16. The van der Waals surface area contributed by atoms with Crippen LogP contribution in [0, 0.1) is 6.07 Å². The molecule has 12 heavy (non-hydrogen) atoms. The van der Waals surface area contributed by atoms with Crippen LogP contribution in [0.3, 0.4) is 0 Å². The van der Waals surface area contributed by atoms with Gasteiger partial charge < -0.3 is 9.47 Å². The Hall–Kier alpha value is -0.600. The first kappa shape index (κ1) is 9.49. The van der Waals surface area contributed by atoms with Gasteiger partial charge in [0.25, 0.3) is 0 Å². The maximum absolute atomic E-state index is 5.79. The molecule has 0 atom stereocenters. The van der Waals surface area contributed by atoms with E-state index in [9.17, 15) is 0 Å². The van der Waals surface area contributed by atoms with E-state index in [1.54, 1.807) is 6.07 Å². The molecule has 0 bridgehead atoms. The van der Waals surface area contributed by atoms with E-state index in [0.29, 0.717) is 21.5 Å². The third-order valence-electron chi connectivity index (χ3n) is 1.34. The molecule has 1 aromatic carbocycles. The summed E-state index contributed by atoms with van der Waals surface area (Å²) < 4.78 is 9.82. The van der Waals surface area contributed by atoms with Gasteiger partial charge in [-0.1, -0.05) is 23.2 Å². The highest BCUT2D eigenvalue weighted by atomic mass is 35.5. The van der Waals surface area contributed by atoms with Gasteiger partial charge in [0, 0.05) is 6.07 Å². The molecule has 0 aromatic heterocycles. The summed E-state index contributed by atoms with van der Waals surface area (Å²) in [7, 11) is 3.01. The van der Waals surface area contributed by atoms with Gasteiger partial charge in [-0.25, -0.2) is 0 Å². The average Bonchev–Trinajstić information content (AvgIpc) is 2.08. The van der Waals surface area contributed by atoms with E-state index >= 15 is 0 Å². The van der Waals surface area contributed by atoms with E-state index in [0.717, 1.165) is 0 Å². The Balaban J connectivity index is 3.16. The van der Waals surface area contributed by atoms with Gasteiger partial charge in [0.15, 0.2) is 0 Å². The van der Waals surface area contributed by atoms with E-state index in [2.05, 4.69) is 6.07 Å². The van der Waals surface area contributed by atoms with Crippen LogP contribution in [0.25, 0.3) is 0 Å². The number of hydrogen-bond donors (Lipinski definition) is 0. The molecule has 1 radical (unpaired) electrons. The molecule has 0 aliphatic heterocycles. The van der Waals surface area contributed by atoms with Crippen molar-refractivity contribution in [3.63, 3.8) is 0 Å². The standard InChI is InChI=1S/C8H7Cl2O2/c1-11-7-3-6(10)8(12-2)4-5(7)9/h3H,1-2H3. The number of hydrogen-bond acceptors (Lipinski definition) is 2. The van der Waals surface area contributed by atoms with Gasteiger partial charge in [-0.15, -0.1) is 0 Å². The molecule has 0 aliphatic carbocycles. The largest absolute Gasteiger partial charge is 0.495 e. The monoisotopic (exact) mass is 205 g/mol. The first-order chi connectivity index (χ1) is 5.69. The fourth-order valence-electron chi connectivity index (χ4n) is 0.762. The normalized spacial score (nSPS) is 9.67. The number of benzene rings is 1. The Labute approximate surface area is 81.0 Å². The van der Waals surface area contributed by atoms with Crippen LogP contribution >= 0.6 is 23.2 Å². The van der Waals surface area contributed by atoms with Crippen molar-refractivity contribution in [1.82, 2.24) is 0 Å². The van der Waals surface area contributed by atoms with Crippen LogP contribution in [0.15, 0.2) is 6.07 Å². The molecular formula is C8H7Cl2O2. The van der Waals surface area contributed by atoms with Crippen molar-refractivity contribution in [2.24, 2.45) is 0 Å². The summed E-state index contributed by atoms with van der Waals surface area (Å²) in [6.45, 7) is 0.